The molecule has 0 saturated heterocycles. The lowest BCUT2D eigenvalue weighted by Gasteiger charge is -2.12. The minimum absolute atomic E-state index is 0.379. The van der Waals surface area contributed by atoms with E-state index >= 15 is 0 Å². The van der Waals surface area contributed by atoms with Gasteiger partial charge in [-0.05, 0) is 47.0 Å². The van der Waals surface area contributed by atoms with Crippen molar-refractivity contribution in [1.82, 2.24) is 9.97 Å². The van der Waals surface area contributed by atoms with Crippen molar-refractivity contribution in [3.05, 3.63) is 34.2 Å². The van der Waals surface area contributed by atoms with Crippen LogP contribution in [0.5, 0.6) is 5.75 Å². The summed E-state index contributed by atoms with van der Waals surface area (Å²) in [5, 5.41) is 12.5. The fourth-order valence-electron chi connectivity index (χ4n) is 1.86. The molecule has 0 bridgehead atoms. The third-order valence-corrected chi connectivity index (χ3v) is 3.84. The van der Waals surface area contributed by atoms with E-state index in [0.29, 0.717) is 17.2 Å². The van der Waals surface area contributed by atoms with Gasteiger partial charge in [0.05, 0.1) is 10.2 Å². The van der Waals surface area contributed by atoms with Gasteiger partial charge in [0.1, 0.15) is 5.82 Å². The monoisotopic (exact) mass is 353 g/mol. The van der Waals surface area contributed by atoms with Crippen LogP contribution in [0.4, 0.5) is 10.2 Å². The maximum absolute atomic E-state index is 13.5. The van der Waals surface area contributed by atoms with Crippen LogP contribution >= 0.6 is 15.9 Å². The Hall–Kier alpha value is -1.69. The quantitative estimate of drug-likeness (QED) is 0.848. The normalized spacial score (nSPS) is 10.7. The minimum Gasteiger partial charge on any atom is -0.505 e. The summed E-state index contributed by atoms with van der Waals surface area (Å²) < 4.78 is 14.3. The Balaban J connectivity index is 2.49. The zero-order chi connectivity index (χ0) is 15.4. The number of rotatable bonds is 5. The number of aromatic hydroxyl groups is 1. The van der Waals surface area contributed by atoms with Crippen LogP contribution in [-0.4, -0.2) is 21.6 Å². The number of hydrogen-bond acceptors (Lipinski definition) is 4. The lowest BCUT2D eigenvalue weighted by Crippen LogP contribution is -2.07. The average Bonchev–Trinajstić information content (AvgIpc) is 2.49. The second kappa shape index (κ2) is 6.85. The van der Waals surface area contributed by atoms with Crippen molar-refractivity contribution >= 4 is 21.7 Å². The summed E-state index contributed by atoms with van der Waals surface area (Å²) in [6.45, 7) is 4.86. The smallest absolute Gasteiger partial charge is 0.165 e. The molecule has 0 fully saturated rings. The molecule has 4 nitrogen and oxygen atoms in total. The molecular formula is C15H17BrFN3O. The van der Waals surface area contributed by atoms with E-state index in [1.165, 1.54) is 12.1 Å². The summed E-state index contributed by atoms with van der Waals surface area (Å²) in [5.74, 6) is 0.0794. The summed E-state index contributed by atoms with van der Waals surface area (Å²) in [6, 6.07) is 4.15. The Bertz CT molecular complexity index is 649. The summed E-state index contributed by atoms with van der Waals surface area (Å²) in [6.07, 6.45) is 1.71. The molecule has 0 radical (unpaired) electrons. The van der Waals surface area contributed by atoms with Gasteiger partial charge in [-0.15, -0.1) is 0 Å². The average molecular weight is 354 g/mol. The number of phenols is 1. The van der Waals surface area contributed by atoms with Crippen LogP contribution in [0.3, 0.4) is 0 Å². The highest BCUT2D eigenvalue weighted by Crippen LogP contribution is 2.29. The van der Waals surface area contributed by atoms with Gasteiger partial charge in [0.15, 0.2) is 17.4 Å². The highest BCUT2D eigenvalue weighted by molar-refractivity contribution is 9.10. The molecule has 0 atom stereocenters. The first-order valence-corrected chi connectivity index (χ1v) is 7.65. The molecule has 1 aromatic carbocycles. The first kappa shape index (κ1) is 15.7. The van der Waals surface area contributed by atoms with Gasteiger partial charge in [-0.1, -0.05) is 13.8 Å². The van der Waals surface area contributed by atoms with E-state index in [1.54, 1.807) is 6.07 Å². The number of aromatic nitrogens is 2. The Morgan fingerprint density at radius 3 is 2.67 bits per heavy atom. The molecule has 112 valence electrons. The summed E-state index contributed by atoms with van der Waals surface area (Å²) in [7, 11) is 0. The van der Waals surface area contributed by atoms with Crippen molar-refractivity contribution in [2.45, 2.75) is 26.7 Å². The van der Waals surface area contributed by atoms with Gasteiger partial charge < -0.3 is 10.4 Å². The largest absolute Gasteiger partial charge is 0.505 e. The highest BCUT2D eigenvalue weighted by Gasteiger charge is 2.13. The standard InChI is InChI=1S/C15H17BrFN3O/c1-3-7-18-15-13(16)11(4-2)19-14(20-15)9-5-6-12(21)10(17)8-9/h5-6,8,21H,3-4,7H2,1-2H3,(H,18,19,20). The Kier molecular flexibility index (Phi) is 5.12. The molecule has 6 heteroatoms. The van der Waals surface area contributed by atoms with Crippen LogP contribution in [0.15, 0.2) is 22.7 Å². The summed E-state index contributed by atoms with van der Waals surface area (Å²) in [4.78, 5) is 8.90. The van der Waals surface area contributed by atoms with Gasteiger partial charge >= 0.3 is 0 Å². The molecule has 0 unspecified atom stereocenters. The Morgan fingerprint density at radius 2 is 2.05 bits per heavy atom. The van der Waals surface area contributed by atoms with Gasteiger partial charge in [-0.2, -0.15) is 0 Å². The van der Waals surface area contributed by atoms with Gasteiger partial charge in [0, 0.05) is 12.1 Å². The first-order valence-electron chi connectivity index (χ1n) is 6.86. The van der Waals surface area contributed by atoms with Crippen LogP contribution in [0.25, 0.3) is 11.4 Å². The molecule has 0 amide bonds. The first-order chi connectivity index (χ1) is 10.1. The highest BCUT2D eigenvalue weighted by atomic mass is 79.9. The maximum atomic E-state index is 13.5. The van der Waals surface area contributed by atoms with Gasteiger partial charge in [-0.3, -0.25) is 0 Å². The van der Waals surface area contributed by atoms with Gasteiger partial charge in [0.2, 0.25) is 0 Å². The van der Waals surface area contributed by atoms with Crippen LogP contribution in [0.1, 0.15) is 26.0 Å². The van der Waals surface area contributed by atoms with Crippen LogP contribution in [0.2, 0.25) is 0 Å². The van der Waals surface area contributed by atoms with Crippen LogP contribution in [0, 0.1) is 5.82 Å². The fraction of sp³-hybridized carbons (Fsp3) is 0.333. The molecular weight excluding hydrogens is 337 g/mol. The molecule has 0 aliphatic carbocycles. The number of nitrogens with one attached hydrogen (secondary N) is 1. The number of aryl methyl sites for hydroxylation is 1. The van der Waals surface area contributed by atoms with E-state index in [9.17, 15) is 9.50 Å². The number of phenolic OH excluding ortho intramolecular Hbond substituents is 1. The fourth-order valence-corrected chi connectivity index (χ4v) is 2.46. The number of nitrogens with zero attached hydrogens (tertiary/aromatic N) is 2. The van der Waals surface area contributed by atoms with E-state index in [0.717, 1.165) is 29.6 Å². The molecule has 21 heavy (non-hydrogen) atoms. The van der Waals surface area contributed by atoms with Gasteiger partial charge in [-0.25, -0.2) is 14.4 Å². The Morgan fingerprint density at radius 1 is 1.29 bits per heavy atom. The second-order valence-electron chi connectivity index (χ2n) is 4.60. The zero-order valence-corrected chi connectivity index (χ0v) is 13.5. The molecule has 2 aromatic rings. The van der Waals surface area contributed by atoms with Crippen molar-refractivity contribution in [1.29, 1.82) is 0 Å². The third kappa shape index (κ3) is 3.50. The van der Waals surface area contributed by atoms with Crippen molar-refractivity contribution < 1.29 is 9.50 Å². The van der Waals surface area contributed by atoms with Crippen molar-refractivity contribution in [2.24, 2.45) is 0 Å². The topological polar surface area (TPSA) is 58.0 Å². The number of benzene rings is 1. The van der Waals surface area contributed by atoms with E-state index in [-0.39, 0.29) is 5.75 Å². The van der Waals surface area contributed by atoms with E-state index < -0.39 is 5.82 Å². The summed E-state index contributed by atoms with van der Waals surface area (Å²) >= 11 is 3.50. The number of anilines is 1. The number of hydrogen-bond donors (Lipinski definition) is 2. The maximum Gasteiger partial charge on any atom is 0.165 e. The van der Waals surface area contributed by atoms with Crippen molar-refractivity contribution in [3.8, 4) is 17.1 Å². The predicted octanol–water partition coefficient (Wildman–Crippen LogP) is 4.14. The molecule has 0 saturated carbocycles. The van der Waals surface area contributed by atoms with E-state index in [1.807, 2.05) is 6.92 Å². The molecule has 0 aliphatic heterocycles. The minimum atomic E-state index is -0.680. The second-order valence-corrected chi connectivity index (χ2v) is 5.40. The zero-order valence-electron chi connectivity index (χ0n) is 12.0. The SMILES string of the molecule is CCCNc1nc(-c2ccc(O)c(F)c2)nc(CC)c1Br. The molecule has 2 rings (SSSR count). The number of halogens is 2. The lowest BCUT2D eigenvalue weighted by molar-refractivity contribution is 0.432. The van der Waals surface area contributed by atoms with Gasteiger partial charge in [0.25, 0.3) is 0 Å². The van der Waals surface area contributed by atoms with Crippen LogP contribution in [-0.2, 0) is 6.42 Å². The van der Waals surface area contributed by atoms with Crippen molar-refractivity contribution in [2.75, 3.05) is 11.9 Å². The molecule has 0 aliphatic rings. The van der Waals surface area contributed by atoms with Crippen molar-refractivity contribution in [3.63, 3.8) is 0 Å². The Labute approximate surface area is 131 Å². The predicted molar refractivity (Wildman–Crippen MR) is 84.9 cm³/mol. The molecule has 2 N–H and O–H groups in total. The molecule has 1 aromatic heterocycles. The molecule has 0 spiro atoms. The van der Waals surface area contributed by atoms with E-state index in [4.69, 9.17) is 0 Å². The van der Waals surface area contributed by atoms with Crippen LogP contribution < -0.4 is 5.32 Å². The third-order valence-electron chi connectivity index (χ3n) is 3.00. The molecule has 1 heterocycles. The summed E-state index contributed by atoms with van der Waals surface area (Å²) in [5.41, 5.74) is 1.39. The lowest BCUT2D eigenvalue weighted by atomic mass is 10.2. The van der Waals surface area contributed by atoms with E-state index in [2.05, 4.69) is 38.1 Å².